The second kappa shape index (κ2) is 5.51. The molecule has 0 radical (unpaired) electrons. The summed E-state index contributed by atoms with van der Waals surface area (Å²) in [6.45, 7) is 2.57. The molecule has 92 valence electrons. The minimum absolute atomic E-state index is 0.0603. The van der Waals surface area contributed by atoms with Gasteiger partial charge in [0.05, 0.1) is 18.8 Å². The van der Waals surface area contributed by atoms with Gasteiger partial charge in [-0.05, 0) is 18.2 Å². The molecule has 0 saturated carbocycles. The number of anilines is 1. The summed E-state index contributed by atoms with van der Waals surface area (Å²) >= 11 is 3.40. The lowest BCUT2D eigenvalue weighted by molar-refractivity contribution is 0.0303. The Labute approximate surface area is 109 Å². The molecule has 1 N–H and O–H groups in total. The van der Waals surface area contributed by atoms with Crippen LogP contribution in [0, 0.1) is 0 Å². The van der Waals surface area contributed by atoms with E-state index in [1.54, 1.807) is 0 Å². The molecule has 1 aromatic rings. The summed E-state index contributed by atoms with van der Waals surface area (Å²) < 4.78 is 6.20. The van der Waals surface area contributed by atoms with Gasteiger partial charge >= 0.3 is 0 Å². The van der Waals surface area contributed by atoms with Crippen LogP contribution in [0.15, 0.2) is 22.7 Å². The Balaban J connectivity index is 2.23. The number of halogens is 1. The van der Waals surface area contributed by atoms with Gasteiger partial charge in [0.15, 0.2) is 0 Å². The van der Waals surface area contributed by atoms with Crippen LogP contribution < -0.4 is 5.32 Å². The highest BCUT2D eigenvalue weighted by Gasteiger charge is 2.20. The zero-order valence-corrected chi connectivity index (χ0v) is 11.3. The van der Waals surface area contributed by atoms with Gasteiger partial charge in [-0.1, -0.05) is 15.9 Å². The molecule has 0 spiro atoms. The van der Waals surface area contributed by atoms with Crippen LogP contribution in [0.2, 0.25) is 0 Å². The molecule has 0 atom stereocenters. The summed E-state index contributed by atoms with van der Waals surface area (Å²) in [5.74, 6) is 0.0603. The van der Waals surface area contributed by atoms with Crippen LogP contribution in [0.4, 0.5) is 5.69 Å². The standard InChI is InChI=1S/C12H15BrN2O2/c1-14-11-8-9(13)2-3-10(11)12(16)15-4-6-17-7-5-15/h2-3,8,14H,4-7H2,1H3. The number of hydrogen-bond acceptors (Lipinski definition) is 3. The van der Waals surface area contributed by atoms with E-state index >= 15 is 0 Å². The SMILES string of the molecule is CNc1cc(Br)ccc1C(=O)N1CCOCC1. The summed E-state index contributed by atoms with van der Waals surface area (Å²) in [5.41, 5.74) is 1.55. The molecule has 1 saturated heterocycles. The molecule has 1 aliphatic heterocycles. The van der Waals surface area contributed by atoms with Gasteiger partial charge in [0.25, 0.3) is 5.91 Å². The molecule has 5 heteroatoms. The summed E-state index contributed by atoms with van der Waals surface area (Å²) in [7, 11) is 1.82. The first kappa shape index (κ1) is 12.4. The molecule has 1 heterocycles. The first-order valence-electron chi connectivity index (χ1n) is 5.56. The van der Waals surface area contributed by atoms with Crippen LogP contribution in [-0.4, -0.2) is 44.2 Å². The van der Waals surface area contributed by atoms with E-state index in [1.807, 2.05) is 30.1 Å². The molecule has 1 aromatic carbocycles. The quantitative estimate of drug-likeness (QED) is 0.907. The minimum atomic E-state index is 0.0603. The highest BCUT2D eigenvalue weighted by atomic mass is 79.9. The van der Waals surface area contributed by atoms with Crippen molar-refractivity contribution in [2.45, 2.75) is 0 Å². The smallest absolute Gasteiger partial charge is 0.256 e. The van der Waals surface area contributed by atoms with Crippen molar-refractivity contribution >= 4 is 27.5 Å². The number of benzene rings is 1. The van der Waals surface area contributed by atoms with Gasteiger partial charge in [-0.2, -0.15) is 0 Å². The van der Waals surface area contributed by atoms with E-state index in [2.05, 4.69) is 21.2 Å². The number of nitrogens with zero attached hydrogens (tertiary/aromatic N) is 1. The van der Waals surface area contributed by atoms with Crippen molar-refractivity contribution in [3.8, 4) is 0 Å². The fourth-order valence-corrected chi connectivity index (χ4v) is 2.21. The van der Waals surface area contributed by atoms with E-state index in [0.29, 0.717) is 31.9 Å². The van der Waals surface area contributed by atoms with Crippen LogP contribution >= 0.6 is 15.9 Å². The van der Waals surface area contributed by atoms with Crippen molar-refractivity contribution in [2.24, 2.45) is 0 Å². The molecule has 1 fully saturated rings. The Bertz CT molecular complexity index is 417. The number of carbonyl (C=O) groups is 1. The van der Waals surface area contributed by atoms with Gasteiger partial charge < -0.3 is 15.0 Å². The molecular formula is C12H15BrN2O2. The summed E-state index contributed by atoms with van der Waals surface area (Å²) in [6, 6.07) is 5.63. The molecular weight excluding hydrogens is 284 g/mol. The van der Waals surface area contributed by atoms with E-state index in [4.69, 9.17) is 4.74 Å². The Morgan fingerprint density at radius 1 is 1.41 bits per heavy atom. The lowest BCUT2D eigenvalue weighted by Gasteiger charge is -2.27. The number of rotatable bonds is 2. The summed E-state index contributed by atoms with van der Waals surface area (Å²) in [5, 5.41) is 3.05. The van der Waals surface area contributed by atoms with Crippen LogP contribution in [0.3, 0.4) is 0 Å². The number of carbonyl (C=O) groups excluding carboxylic acids is 1. The molecule has 1 aliphatic rings. The highest BCUT2D eigenvalue weighted by molar-refractivity contribution is 9.10. The van der Waals surface area contributed by atoms with Crippen LogP contribution in [0.5, 0.6) is 0 Å². The maximum atomic E-state index is 12.3. The third-order valence-electron chi connectivity index (χ3n) is 2.78. The monoisotopic (exact) mass is 298 g/mol. The van der Waals surface area contributed by atoms with Gasteiger partial charge in [-0.15, -0.1) is 0 Å². The first-order chi connectivity index (χ1) is 8.22. The minimum Gasteiger partial charge on any atom is -0.387 e. The van der Waals surface area contributed by atoms with E-state index in [0.717, 1.165) is 10.2 Å². The van der Waals surface area contributed by atoms with Gasteiger partial charge in [-0.25, -0.2) is 0 Å². The highest BCUT2D eigenvalue weighted by Crippen LogP contribution is 2.22. The molecule has 0 unspecified atom stereocenters. The van der Waals surface area contributed by atoms with Crippen molar-refractivity contribution in [3.05, 3.63) is 28.2 Å². The number of amides is 1. The topological polar surface area (TPSA) is 41.6 Å². The zero-order valence-electron chi connectivity index (χ0n) is 9.70. The van der Waals surface area contributed by atoms with Gasteiger partial charge in [0.2, 0.25) is 0 Å². The largest absolute Gasteiger partial charge is 0.387 e. The summed E-state index contributed by atoms with van der Waals surface area (Å²) in [4.78, 5) is 14.1. The zero-order chi connectivity index (χ0) is 12.3. The van der Waals surface area contributed by atoms with Crippen molar-refractivity contribution in [3.63, 3.8) is 0 Å². The van der Waals surface area contributed by atoms with Crippen molar-refractivity contribution < 1.29 is 9.53 Å². The van der Waals surface area contributed by atoms with Crippen LogP contribution in [0.1, 0.15) is 10.4 Å². The third-order valence-corrected chi connectivity index (χ3v) is 3.27. The predicted octanol–water partition coefficient (Wildman–Crippen LogP) is 1.96. The van der Waals surface area contributed by atoms with Gasteiger partial charge in [-0.3, -0.25) is 4.79 Å². The van der Waals surface area contributed by atoms with Gasteiger partial charge in [0.1, 0.15) is 0 Å². The van der Waals surface area contributed by atoms with Crippen molar-refractivity contribution in [2.75, 3.05) is 38.7 Å². The normalized spacial score (nSPS) is 15.8. The fraction of sp³-hybridized carbons (Fsp3) is 0.417. The maximum absolute atomic E-state index is 12.3. The molecule has 0 aromatic heterocycles. The van der Waals surface area contributed by atoms with Crippen molar-refractivity contribution in [1.82, 2.24) is 4.90 Å². The fourth-order valence-electron chi connectivity index (χ4n) is 1.85. The van der Waals surface area contributed by atoms with E-state index in [9.17, 15) is 4.79 Å². The Hall–Kier alpha value is -1.07. The molecule has 0 bridgehead atoms. The molecule has 1 amide bonds. The van der Waals surface area contributed by atoms with E-state index in [-0.39, 0.29) is 5.91 Å². The lowest BCUT2D eigenvalue weighted by Crippen LogP contribution is -2.40. The predicted molar refractivity (Wildman–Crippen MR) is 70.4 cm³/mol. The molecule has 0 aliphatic carbocycles. The summed E-state index contributed by atoms with van der Waals surface area (Å²) in [6.07, 6.45) is 0. The number of morpholine rings is 1. The average Bonchev–Trinajstić information content (AvgIpc) is 2.39. The lowest BCUT2D eigenvalue weighted by atomic mass is 10.1. The second-order valence-electron chi connectivity index (χ2n) is 3.84. The first-order valence-corrected chi connectivity index (χ1v) is 6.36. The number of nitrogens with one attached hydrogen (secondary N) is 1. The van der Waals surface area contributed by atoms with E-state index < -0.39 is 0 Å². The second-order valence-corrected chi connectivity index (χ2v) is 4.76. The Morgan fingerprint density at radius 3 is 2.76 bits per heavy atom. The third kappa shape index (κ3) is 2.79. The van der Waals surface area contributed by atoms with Crippen molar-refractivity contribution in [1.29, 1.82) is 0 Å². The van der Waals surface area contributed by atoms with Crippen LogP contribution in [-0.2, 0) is 4.74 Å². The Morgan fingerprint density at radius 2 is 2.12 bits per heavy atom. The number of hydrogen-bond donors (Lipinski definition) is 1. The average molecular weight is 299 g/mol. The molecule has 2 rings (SSSR count). The maximum Gasteiger partial charge on any atom is 0.256 e. The van der Waals surface area contributed by atoms with Gasteiger partial charge in [0, 0.05) is 30.3 Å². The number of ether oxygens (including phenoxy) is 1. The Kier molecular flexibility index (Phi) is 4.02. The van der Waals surface area contributed by atoms with E-state index in [1.165, 1.54) is 0 Å². The molecule has 4 nitrogen and oxygen atoms in total. The van der Waals surface area contributed by atoms with Crippen LogP contribution in [0.25, 0.3) is 0 Å². The molecule has 17 heavy (non-hydrogen) atoms.